The van der Waals surface area contributed by atoms with Gasteiger partial charge in [-0.05, 0) is 22.9 Å². The molecule has 0 saturated carbocycles. The molecule has 122 valence electrons. The SMILES string of the molecule is c1ccc2cc(-c3nnc(-c4cc5ccccc5cn4)nn3)ncc2c1. The van der Waals surface area contributed by atoms with Gasteiger partial charge in [-0.2, -0.15) is 0 Å². The summed E-state index contributed by atoms with van der Waals surface area (Å²) in [5.74, 6) is 0.778. The predicted octanol–water partition coefficient (Wildman–Crippen LogP) is 3.70. The molecule has 0 amide bonds. The van der Waals surface area contributed by atoms with Crippen molar-refractivity contribution in [2.45, 2.75) is 0 Å². The van der Waals surface area contributed by atoms with Crippen LogP contribution in [0.1, 0.15) is 0 Å². The lowest BCUT2D eigenvalue weighted by molar-refractivity contribution is 0.866. The van der Waals surface area contributed by atoms with Crippen LogP contribution in [-0.2, 0) is 0 Å². The zero-order valence-electron chi connectivity index (χ0n) is 13.6. The zero-order chi connectivity index (χ0) is 17.3. The van der Waals surface area contributed by atoms with Gasteiger partial charge in [0.2, 0.25) is 11.6 Å². The smallest absolute Gasteiger partial charge is 0.221 e. The average Bonchev–Trinajstić information content (AvgIpc) is 2.73. The molecule has 0 radical (unpaired) electrons. The summed E-state index contributed by atoms with van der Waals surface area (Å²) in [5.41, 5.74) is 1.28. The monoisotopic (exact) mass is 336 g/mol. The second-order valence-electron chi connectivity index (χ2n) is 5.88. The normalized spacial score (nSPS) is 11.1. The number of hydrogen-bond donors (Lipinski definition) is 0. The highest BCUT2D eigenvalue weighted by atomic mass is 15.3. The Morgan fingerprint density at radius 2 is 0.846 bits per heavy atom. The topological polar surface area (TPSA) is 77.3 Å². The molecular formula is C20H12N6. The van der Waals surface area contributed by atoms with E-state index in [4.69, 9.17) is 0 Å². The molecule has 0 unspecified atom stereocenters. The third-order valence-electron chi connectivity index (χ3n) is 4.20. The molecule has 5 aromatic rings. The van der Waals surface area contributed by atoms with E-state index in [2.05, 4.69) is 30.4 Å². The standard InChI is InChI=1S/C20H12N6/c1-3-7-15-11-21-17(9-13(15)5-1)19-23-25-20(26-24-19)18-10-14-6-2-4-8-16(14)12-22-18/h1-12H. The summed E-state index contributed by atoms with van der Waals surface area (Å²) in [5, 5.41) is 21.0. The highest BCUT2D eigenvalue weighted by Gasteiger charge is 2.10. The predicted molar refractivity (Wildman–Crippen MR) is 99.1 cm³/mol. The summed E-state index contributed by atoms with van der Waals surface area (Å²) in [6.45, 7) is 0. The molecule has 0 spiro atoms. The summed E-state index contributed by atoms with van der Waals surface area (Å²) < 4.78 is 0. The average molecular weight is 336 g/mol. The van der Waals surface area contributed by atoms with Crippen molar-refractivity contribution in [2.24, 2.45) is 0 Å². The van der Waals surface area contributed by atoms with E-state index in [-0.39, 0.29) is 0 Å². The van der Waals surface area contributed by atoms with Crippen LogP contribution in [0.2, 0.25) is 0 Å². The van der Waals surface area contributed by atoms with Crippen LogP contribution in [0, 0.1) is 0 Å². The van der Waals surface area contributed by atoms with E-state index in [1.165, 1.54) is 0 Å². The van der Waals surface area contributed by atoms with Crippen molar-refractivity contribution in [2.75, 3.05) is 0 Å². The number of hydrogen-bond acceptors (Lipinski definition) is 6. The lowest BCUT2D eigenvalue weighted by Gasteiger charge is -2.03. The van der Waals surface area contributed by atoms with E-state index in [0.717, 1.165) is 21.5 Å². The number of fused-ring (bicyclic) bond motifs is 2. The molecule has 0 aliphatic rings. The Labute approximate surface area is 148 Å². The minimum atomic E-state index is 0.389. The first-order chi connectivity index (χ1) is 12.9. The van der Waals surface area contributed by atoms with Crippen LogP contribution in [0.25, 0.3) is 44.6 Å². The molecule has 0 bridgehead atoms. The summed E-state index contributed by atoms with van der Waals surface area (Å²) in [6.07, 6.45) is 3.60. The van der Waals surface area contributed by atoms with Gasteiger partial charge in [-0.15, -0.1) is 20.4 Å². The number of pyridine rings is 2. The van der Waals surface area contributed by atoms with Gasteiger partial charge in [0.1, 0.15) is 11.4 Å². The van der Waals surface area contributed by atoms with Crippen LogP contribution < -0.4 is 0 Å². The first-order valence-corrected chi connectivity index (χ1v) is 8.14. The summed E-state index contributed by atoms with van der Waals surface area (Å²) in [6, 6.07) is 19.9. The van der Waals surface area contributed by atoms with Crippen molar-refractivity contribution in [3.63, 3.8) is 0 Å². The molecule has 6 heteroatoms. The van der Waals surface area contributed by atoms with Crippen LogP contribution in [0.15, 0.2) is 73.1 Å². The number of benzene rings is 2. The third-order valence-corrected chi connectivity index (χ3v) is 4.20. The van der Waals surface area contributed by atoms with Crippen molar-refractivity contribution in [1.29, 1.82) is 0 Å². The van der Waals surface area contributed by atoms with E-state index in [0.29, 0.717) is 23.0 Å². The van der Waals surface area contributed by atoms with Crippen LogP contribution in [0.4, 0.5) is 0 Å². The molecule has 0 fully saturated rings. The fraction of sp³-hybridized carbons (Fsp3) is 0. The van der Waals surface area contributed by atoms with Gasteiger partial charge in [0.05, 0.1) is 0 Å². The number of aromatic nitrogens is 6. The Hall–Kier alpha value is -3.80. The molecule has 0 aliphatic carbocycles. The fourth-order valence-corrected chi connectivity index (χ4v) is 2.85. The van der Waals surface area contributed by atoms with E-state index in [1.54, 1.807) is 12.4 Å². The van der Waals surface area contributed by atoms with Crippen LogP contribution >= 0.6 is 0 Å². The van der Waals surface area contributed by atoms with Crippen molar-refractivity contribution >= 4 is 21.5 Å². The second-order valence-corrected chi connectivity index (χ2v) is 5.88. The summed E-state index contributed by atoms with van der Waals surface area (Å²) in [4.78, 5) is 8.80. The highest BCUT2D eigenvalue weighted by Crippen LogP contribution is 2.20. The summed E-state index contributed by atoms with van der Waals surface area (Å²) >= 11 is 0. The van der Waals surface area contributed by atoms with Gasteiger partial charge < -0.3 is 0 Å². The minimum absolute atomic E-state index is 0.389. The molecule has 2 aromatic carbocycles. The van der Waals surface area contributed by atoms with Crippen LogP contribution in [0.5, 0.6) is 0 Å². The first kappa shape index (κ1) is 14.5. The van der Waals surface area contributed by atoms with E-state index in [1.807, 2.05) is 60.7 Å². The lowest BCUT2D eigenvalue weighted by atomic mass is 10.1. The molecule has 3 heterocycles. The molecule has 0 atom stereocenters. The van der Waals surface area contributed by atoms with E-state index in [9.17, 15) is 0 Å². The Morgan fingerprint density at radius 3 is 1.27 bits per heavy atom. The molecular weight excluding hydrogens is 324 g/mol. The van der Waals surface area contributed by atoms with Gasteiger partial charge in [-0.3, -0.25) is 9.97 Å². The maximum absolute atomic E-state index is 4.40. The quantitative estimate of drug-likeness (QED) is 0.489. The second kappa shape index (κ2) is 5.93. The molecule has 0 N–H and O–H groups in total. The molecule has 6 nitrogen and oxygen atoms in total. The molecule has 0 aliphatic heterocycles. The van der Waals surface area contributed by atoms with Gasteiger partial charge in [-0.1, -0.05) is 48.5 Å². The molecule has 3 aromatic heterocycles. The highest BCUT2D eigenvalue weighted by molar-refractivity contribution is 5.85. The van der Waals surface area contributed by atoms with Gasteiger partial charge in [-0.25, -0.2) is 0 Å². The fourth-order valence-electron chi connectivity index (χ4n) is 2.85. The van der Waals surface area contributed by atoms with Crippen molar-refractivity contribution in [3.05, 3.63) is 73.1 Å². The van der Waals surface area contributed by atoms with Gasteiger partial charge in [0, 0.05) is 23.2 Å². The molecule has 26 heavy (non-hydrogen) atoms. The van der Waals surface area contributed by atoms with Crippen molar-refractivity contribution in [1.82, 2.24) is 30.4 Å². The Bertz CT molecular complexity index is 1140. The Balaban J connectivity index is 1.52. The third kappa shape index (κ3) is 2.53. The molecule has 0 saturated heterocycles. The number of rotatable bonds is 2. The molecule has 5 rings (SSSR count). The maximum atomic E-state index is 4.40. The van der Waals surface area contributed by atoms with Crippen molar-refractivity contribution < 1.29 is 0 Å². The Kier molecular flexibility index (Phi) is 3.31. The maximum Gasteiger partial charge on any atom is 0.221 e. The number of nitrogens with zero attached hydrogens (tertiary/aromatic N) is 6. The Morgan fingerprint density at radius 1 is 0.462 bits per heavy atom. The van der Waals surface area contributed by atoms with E-state index >= 15 is 0 Å². The van der Waals surface area contributed by atoms with Gasteiger partial charge >= 0.3 is 0 Å². The van der Waals surface area contributed by atoms with E-state index < -0.39 is 0 Å². The summed E-state index contributed by atoms with van der Waals surface area (Å²) in [7, 11) is 0. The van der Waals surface area contributed by atoms with Crippen molar-refractivity contribution in [3.8, 4) is 23.0 Å². The zero-order valence-corrected chi connectivity index (χ0v) is 13.6. The minimum Gasteiger partial charge on any atom is -0.252 e. The largest absolute Gasteiger partial charge is 0.252 e. The van der Waals surface area contributed by atoms with Crippen LogP contribution in [0.3, 0.4) is 0 Å². The first-order valence-electron chi connectivity index (χ1n) is 8.14. The lowest BCUT2D eigenvalue weighted by Crippen LogP contribution is -2.01. The van der Waals surface area contributed by atoms with Gasteiger partial charge in [0.25, 0.3) is 0 Å². The van der Waals surface area contributed by atoms with Crippen LogP contribution in [-0.4, -0.2) is 30.4 Å². The van der Waals surface area contributed by atoms with Gasteiger partial charge in [0.15, 0.2) is 0 Å².